The van der Waals surface area contributed by atoms with Gasteiger partial charge < -0.3 is 0 Å². The summed E-state index contributed by atoms with van der Waals surface area (Å²) in [6.07, 6.45) is 6.75. The Kier molecular flexibility index (Phi) is 3.75. The van der Waals surface area contributed by atoms with Crippen molar-refractivity contribution in [2.24, 2.45) is 0 Å². The van der Waals surface area contributed by atoms with E-state index in [9.17, 15) is 4.79 Å². The van der Waals surface area contributed by atoms with Crippen molar-refractivity contribution in [2.75, 3.05) is 5.32 Å². The van der Waals surface area contributed by atoms with Crippen molar-refractivity contribution in [1.82, 2.24) is 9.97 Å². The Labute approximate surface area is 126 Å². The first-order valence-electron chi connectivity index (χ1n) is 6.47. The predicted molar refractivity (Wildman–Crippen MR) is 86.3 cm³/mol. The van der Waals surface area contributed by atoms with Crippen LogP contribution < -0.4 is 5.32 Å². The van der Waals surface area contributed by atoms with Crippen LogP contribution in [0.4, 0.5) is 5.13 Å². The normalized spacial score (nSPS) is 11.1. The molecule has 0 saturated carbocycles. The molecule has 5 heteroatoms. The molecule has 4 nitrogen and oxygen atoms in total. The van der Waals surface area contributed by atoms with Gasteiger partial charge in [-0.1, -0.05) is 24.3 Å². The van der Waals surface area contributed by atoms with Crippen molar-refractivity contribution in [3.8, 4) is 0 Å². The van der Waals surface area contributed by atoms with Crippen LogP contribution in [-0.4, -0.2) is 15.9 Å². The van der Waals surface area contributed by atoms with Crippen LogP contribution in [-0.2, 0) is 4.79 Å². The molecule has 21 heavy (non-hydrogen) atoms. The van der Waals surface area contributed by atoms with Crippen molar-refractivity contribution in [1.29, 1.82) is 0 Å². The van der Waals surface area contributed by atoms with Crippen LogP contribution in [0.1, 0.15) is 10.4 Å². The maximum absolute atomic E-state index is 11.9. The summed E-state index contributed by atoms with van der Waals surface area (Å²) >= 11 is 1.45. The molecule has 0 aliphatic carbocycles. The average molecular weight is 295 g/mol. The highest BCUT2D eigenvalue weighted by Crippen LogP contribution is 2.18. The number of para-hydroxylation sites is 1. The van der Waals surface area contributed by atoms with E-state index in [-0.39, 0.29) is 5.91 Å². The van der Waals surface area contributed by atoms with Crippen LogP contribution in [0.5, 0.6) is 0 Å². The molecule has 0 bridgehead atoms. The van der Waals surface area contributed by atoms with Crippen LogP contribution in [0.25, 0.3) is 17.0 Å². The van der Waals surface area contributed by atoms with E-state index >= 15 is 0 Å². The van der Waals surface area contributed by atoms with E-state index in [0.29, 0.717) is 5.13 Å². The molecule has 0 unspecified atom stereocenters. The Bertz CT molecular complexity index is 818. The maximum Gasteiger partial charge on any atom is 0.250 e. The Balaban J connectivity index is 1.79. The van der Waals surface area contributed by atoms with Gasteiger partial charge in [0, 0.05) is 34.3 Å². The summed E-state index contributed by atoms with van der Waals surface area (Å²) in [6.45, 7) is 1.95. The monoisotopic (exact) mass is 295 g/mol. The molecular weight excluding hydrogens is 282 g/mol. The van der Waals surface area contributed by atoms with Crippen molar-refractivity contribution in [2.45, 2.75) is 6.92 Å². The fourth-order valence-corrected chi connectivity index (χ4v) is 2.65. The third-order valence-electron chi connectivity index (χ3n) is 2.93. The fourth-order valence-electron chi connectivity index (χ4n) is 1.99. The zero-order valence-corrected chi connectivity index (χ0v) is 12.2. The number of amides is 1. The summed E-state index contributed by atoms with van der Waals surface area (Å²) in [5.74, 6) is -0.197. The number of aromatic nitrogens is 2. The first-order chi connectivity index (χ1) is 10.2. The Morgan fingerprint density at radius 1 is 1.24 bits per heavy atom. The van der Waals surface area contributed by atoms with Crippen LogP contribution in [0.3, 0.4) is 0 Å². The molecule has 0 aliphatic heterocycles. The molecule has 1 aromatic carbocycles. The van der Waals surface area contributed by atoms with E-state index in [4.69, 9.17) is 0 Å². The number of hydrogen-bond donors (Lipinski definition) is 1. The Hall–Kier alpha value is -2.53. The Morgan fingerprint density at radius 3 is 2.90 bits per heavy atom. The second-order valence-corrected chi connectivity index (χ2v) is 5.76. The Morgan fingerprint density at radius 2 is 2.10 bits per heavy atom. The maximum atomic E-state index is 11.9. The zero-order chi connectivity index (χ0) is 14.7. The van der Waals surface area contributed by atoms with Gasteiger partial charge in [-0.15, -0.1) is 11.3 Å². The first-order valence-corrected chi connectivity index (χ1v) is 7.29. The topological polar surface area (TPSA) is 54.9 Å². The van der Waals surface area contributed by atoms with Crippen molar-refractivity contribution in [3.63, 3.8) is 0 Å². The van der Waals surface area contributed by atoms with Crippen molar-refractivity contribution < 1.29 is 4.79 Å². The number of anilines is 1. The number of benzene rings is 1. The van der Waals surface area contributed by atoms with Gasteiger partial charge in [0.05, 0.1) is 5.52 Å². The summed E-state index contributed by atoms with van der Waals surface area (Å²) in [5.41, 5.74) is 1.80. The van der Waals surface area contributed by atoms with E-state index in [2.05, 4.69) is 15.3 Å². The van der Waals surface area contributed by atoms with Gasteiger partial charge in [-0.2, -0.15) is 0 Å². The molecular formula is C16H13N3OS. The largest absolute Gasteiger partial charge is 0.298 e. The highest BCUT2D eigenvalue weighted by Gasteiger charge is 2.03. The van der Waals surface area contributed by atoms with Crippen LogP contribution in [0.2, 0.25) is 0 Å². The highest BCUT2D eigenvalue weighted by molar-refractivity contribution is 7.15. The second kappa shape index (κ2) is 5.85. The average Bonchev–Trinajstić information content (AvgIpc) is 2.90. The van der Waals surface area contributed by atoms with Crippen LogP contribution in [0.15, 0.2) is 48.8 Å². The summed E-state index contributed by atoms with van der Waals surface area (Å²) in [4.78, 5) is 21.4. The number of hydrogen-bond acceptors (Lipinski definition) is 4. The summed E-state index contributed by atoms with van der Waals surface area (Å²) in [7, 11) is 0. The van der Waals surface area contributed by atoms with Gasteiger partial charge >= 0.3 is 0 Å². The molecule has 2 heterocycles. The number of rotatable bonds is 3. The lowest BCUT2D eigenvalue weighted by Gasteiger charge is -2.00. The van der Waals surface area contributed by atoms with E-state index < -0.39 is 0 Å². The molecule has 3 aromatic rings. The molecule has 2 aromatic heterocycles. The van der Waals surface area contributed by atoms with Gasteiger partial charge in [0.25, 0.3) is 0 Å². The lowest BCUT2D eigenvalue weighted by atomic mass is 10.1. The predicted octanol–water partition coefficient (Wildman–Crippen LogP) is 3.65. The number of fused-ring (bicyclic) bond motifs is 1. The first kappa shape index (κ1) is 13.5. The number of thiazole rings is 1. The number of nitrogens with zero attached hydrogens (tertiary/aromatic N) is 2. The van der Waals surface area contributed by atoms with Crippen LogP contribution in [0, 0.1) is 6.92 Å². The fraction of sp³-hybridized carbons (Fsp3) is 0.0625. The summed E-state index contributed by atoms with van der Waals surface area (Å²) in [6, 6.07) is 9.78. The lowest BCUT2D eigenvalue weighted by molar-refractivity contribution is -0.111. The molecule has 1 N–H and O–H groups in total. The minimum Gasteiger partial charge on any atom is -0.298 e. The van der Waals surface area contributed by atoms with Gasteiger partial charge in [-0.3, -0.25) is 15.1 Å². The standard InChI is InChI=1S/C16H13N3OS/c1-11-10-18-16(21-11)19-14(20)8-7-13-5-2-4-12-6-3-9-17-15(12)13/h2-10H,1H3,(H,18,19,20)/b8-7+. The molecule has 0 spiro atoms. The number of pyridine rings is 1. The minimum absolute atomic E-state index is 0.197. The summed E-state index contributed by atoms with van der Waals surface area (Å²) in [5, 5.41) is 4.40. The number of nitrogens with one attached hydrogen (secondary N) is 1. The molecule has 0 atom stereocenters. The molecule has 3 rings (SSSR count). The molecule has 0 saturated heterocycles. The van der Waals surface area contributed by atoms with Gasteiger partial charge in [-0.25, -0.2) is 4.98 Å². The molecule has 0 fully saturated rings. The third-order valence-corrected chi connectivity index (χ3v) is 3.76. The lowest BCUT2D eigenvalue weighted by Crippen LogP contribution is -2.07. The second-order valence-electron chi connectivity index (χ2n) is 4.52. The SMILES string of the molecule is Cc1cnc(NC(=O)/C=C/c2cccc3cccnc23)s1. The molecule has 0 aliphatic rings. The number of aryl methyl sites for hydroxylation is 1. The van der Waals surface area contributed by atoms with Crippen LogP contribution >= 0.6 is 11.3 Å². The highest BCUT2D eigenvalue weighted by atomic mass is 32.1. The van der Waals surface area contributed by atoms with Gasteiger partial charge in [-0.05, 0) is 19.1 Å². The van der Waals surface area contributed by atoms with Gasteiger partial charge in [0.15, 0.2) is 5.13 Å². The van der Waals surface area contributed by atoms with E-state index in [0.717, 1.165) is 21.3 Å². The summed E-state index contributed by atoms with van der Waals surface area (Å²) < 4.78 is 0. The van der Waals surface area contributed by atoms with E-state index in [1.54, 1.807) is 18.5 Å². The molecule has 104 valence electrons. The molecule has 0 radical (unpaired) electrons. The van der Waals surface area contributed by atoms with E-state index in [1.165, 1.54) is 17.4 Å². The third kappa shape index (κ3) is 3.14. The number of carbonyl (C=O) groups excluding carboxylic acids is 1. The zero-order valence-electron chi connectivity index (χ0n) is 11.4. The van der Waals surface area contributed by atoms with Gasteiger partial charge in [0.2, 0.25) is 5.91 Å². The van der Waals surface area contributed by atoms with Crippen molar-refractivity contribution in [3.05, 3.63) is 59.2 Å². The smallest absolute Gasteiger partial charge is 0.250 e. The van der Waals surface area contributed by atoms with Crippen molar-refractivity contribution >= 4 is 39.4 Å². The quantitative estimate of drug-likeness (QED) is 0.750. The molecule has 1 amide bonds. The number of carbonyl (C=O) groups is 1. The van der Waals surface area contributed by atoms with Gasteiger partial charge in [0.1, 0.15) is 0 Å². The minimum atomic E-state index is -0.197. The van der Waals surface area contributed by atoms with E-state index in [1.807, 2.05) is 37.3 Å².